The van der Waals surface area contributed by atoms with E-state index in [1.165, 1.54) is 0 Å². The maximum atomic E-state index is 12.7. The third-order valence-electron chi connectivity index (χ3n) is 2.02. The number of nitrogens with zero attached hydrogens (tertiary/aromatic N) is 1. The predicted molar refractivity (Wildman–Crippen MR) is 36.6 cm³/mol. The molecular formula is C7H12FN. The highest BCUT2D eigenvalue weighted by atomic mass is 19.1. The molecule has 0 saturated carbocycles. The molecule has 1 heterocycles. The van der Waals surface area contributed by atoms with Crippen molar-refractivity contribution in [3.8, 4) is 0 Å². The summed E-state index contributed by atoms with van der Waals surface area (Å²) in [6, 6.07) is 0. The Morgan fingerprint density at radius 1 is 1.56 bits per heavy atom. The molecule has 0 N–H and O–H groups in total. The zero-order valence-corrected chi connectivity index (χ0v) is 5.84. The largest absolute Gasteiger partial charge is 0.294 e. The standard InChI is InChI=1S/C7H12FN/c1-5-3-9-4-7(8)6(5)2/h3,5-7H,4H2,1-2H3/t5-,6-,7?/m1/s1. The van der Waals surface area contributed by atoms with Crippen molar-refractivity contribution < 1.29 is 4.39 Å². The van der Waals surface area contributed by atoms with E-state index in [2.05, 4.69) is 4.99 Å². The summed E-state index contributed by atoms with van der Waals surface area (Å²) in [5, 5.41) is 0. The van der Waals surface area contributed by atoms with Crippen LogP contribution in [0, 0.1) is 11.8 Å². The van der Waals surface area contributed by atoms with Gasteiger partial charge in [0.2, 0.25) is 0 Å². The van der Waals surface area contributed by atoms with E-state index < -0.39 is 6.17 Å². The van der Waals surface area contributed by atoms with E-state index in [0.717, 1.165) is 0 Å². The van der Waals surface area contributed by atoms with Gasteiger partial charge in [-0.15, -0.1) is 0 Å². The van der Waals surface area contributed by atoms with E-state index in [-0.39, 0.29) is 5.92 Å². The van der Waals surface area contributed by atoms with Gasteiger partial charge in [0, 0.05) is 6.21 Å². The van der Waals surface area contributed by atoms with Crippen molar-refractivity contribution in [3.05, 3.63) is 0 Å². The summed E-state index contributed by atoms with van der Waals surface area (Å²) in [4.78, 5) is 3.89. The molecule has 3 atom stereocenters. The highest BCUT2D eigenvalue weighted by Gasteiger charge is 2.23. The number of hydrogen-bond donors (Lipinski definition) is 0. The van der Waals surface area contributed by atoms with Crippen LogP contribution in [0.15, 0.2) is 4.99 Å². The van der Waals surface area contributed by atoms with Crippen molar-refractivity contribution in [2.75, 3.05) is 6.54 Å². The fraction of sp³-hybridized carbons (Fsp3) is 0.857. The van der Waals surface area contributed by atoms with Gasteiger partial charge >= 0.3 is 0 Å². The van der Waals surface area contributed by atoms with Gasteiger partial charge in [0.05, 0.1) is 6.54 Å². The maximum absolute atomic E-state index is 12.7. The Kier molecular flexibility index (Phi) is 1.84. The molecule has 0 fully saturated rings. The zero-order chi connectivity index (χ0) is 6.85. The van der Waals surface area contributed by atoms with Gasteiger partial charge < -0.3 is 0 Å². The lowest BCUT2D eigenvalue weighted by molar-refractivity contribution is 0.215. The van der Waals surface area contributed by atoms with E-state index in [9.17, 15) is 4.39 Å². The van der Waals surface area contributed by atoms with Crippen LogP contribution < -0.4 is 0 Å². The Balaban J connectivity index is 2.58. The van der Waals surface area contributed by atoms with Crippen molar-refractivity contribution in [1.29, 1.82) is 0 Å². The molecule has 1 unspecified atom stereocenters. The molecule has 0 bridgehead atoms. The Morgan fingerprint density at radius 2 is 2.22 bits per heavy atom. The molecule has 0 amide bonds. The monoisotopic (exact) mass is 129 g/mol. The third kappa shape index (κ3) is 1.29. The third-order valence-corrected chi connectivity index (χ3v) is 2.02. The molecule has 1 rings (SSSR count). The zero-order valence-electron chi connectivity index (χ0n) is 5.84. The highest BCUT2D eigenvalue weighted by molar-refractivity contribution is 5.61. The molecule has 1 nitrogen and oxygen atoms in total. The summed E-state index contributed by atoms with van der Waals surface area (Å²) in [5.41, 5.74) is 0. The first kappa shape index (κ1) is 6.72. The summed E-state index contributed by atoms with van der Waals surface area (Å²) in [6.45, 7) is 4.30. The molecule has 2 heteroatoms. The van der Waals surface area contributed by atoms with Crippen LogP contribution in [0.25, 0.3) is 0 Å². The number of alkyl halides is 1. The van der Waals surface area contributed by atoms with Crippen molar-refractivity contribution >= 4 is 6.21 Å². The second-order valence-corrected chi connectivity index (χ2v) is 2.75. The molecule has 0 aromatic carbocycles. The molecule has 0 spiro atoms. The van der Waals surface area contributed by atoms with Crippen molar-refractivity contribution in [2.24, 2.45) is 16.8 Å². The Labute approximate surface area is 55.0 Å². The summed E-state index contributed by atoms with van der Waals surface area (Å²) in [6.07, 6.45) is 1.13. The minimum atomic E-state index is -0.718. The Hall–Kier alpha value is -0.400. The van der Waals surface area contributed by atoms with Gasteiger partial charge in [-0.05, 0) is 11.8 Å². The van der Waals surface area contributed by atoms with E-state index in [0.29, 0.717) is 12.5 Å². The van der Waals surface area contributed by atoms with E-state index in [1.54, 1.807) is 0 Å². The minimum absolute atomic E-state index is 0.155. The fourth-order valence-corrected chi connectivity index (χ4v) is 0.959. The topological polar surface area (TPSA) is 12.4 Å². The number of aliphatic imine (C=N–C) groups is 1. The molecule has 0 aromatic rings. The van der Waals surface area contributed by atoms with Crippen molar-refractivity contribution in [1.82, 2.24) is 0 Å². The SMILES string of the molecule is C[C@@H]1C=NCC(F)[C@@H]1C. The second-order valence-electron chi connectivity index (χ2n) is 2.75. The molecule has 9 heavy (non-hydrogen) atoms. The van der Waals surface area contributed by atoms with Gasteiger partial charge in [0.25, 0.3) is 0 Å². The minimum Gasteiger partial charge on any atom is -0.294 e. The lowest BCUT2D eigenvalue weighted by Crippen LogP contribution is -2.27. The first-order valence-corrected chi connectivity index (χ1v) is 3.36. The quantitative estimate of drug-likeness (QED) is 0.472. The van der Waals surface area contributed by atoms with Gasteiger partial charge in [-0.1, -0.05) is 13.8 Å². The number of halogens is 1. The smallest absolute Gasteiger partial charge is 0.123 e. The molecule has 1 aliphatic rings. The average molecular weight is 129 g/mol. The Morgan fingerprint density at radius 3 is 2.67 bits per heavy atom. The molecule has 0 aliphatic carbocycles. The van der Waals surface area contributed by atoms with Gasteiger partial charge in [-0.2, -0.15) is 0 Å². The van der Waals surface area contributed by atoms with Crippen LogP contribution in [0.4, 0.5) is 4.39 Å². The lowest BCUT2D eigenvalue weighted by atomic mass is 9.90. The van der Waals surface area contributed by atoms with Crippen LogP contribution >= 0.6 is 0 Å². The normalized spacial score (nSPS) is 43.2. The van der Waals surface area contributed by atoms with E-state index >= 15 is 0 Å². The van der Waals surface area contributed by atoms with Crippen molar-refractivity contribution in [3.63, 3.8) is 0 Å². The van der Waals surface area contributed by atoms with Crippen LogP contribution in [-0.4, -0.2) is 18.9 Å². The first-order valence-electron chi connectivity index (χ1n) is 3.36. The van der Waals surface area contributed by atoms with Crippen LogP contribution in [0.3, 0.4) is 0 Å². The van der Waals surface area contributed by atoms with E-state index in [4.69, 9.17) is 0 Å². The molecule has 1 aliphatic heterocycles. The highest BCUT2D eigenvalue weighted by Crippen LogP contribution is 2.20. The van der Waals surface area contributed by atoms with Crippen LogP contribution in [0.1, 0.15) is 13.8 Å². The number of rotatable bonds is 0. The fourth-order valence-electron chi connectivity index (χ4n) is 0.959. The molecule has 0 radical (unpaired) electrons. The number of hydrogen-bond acceptors (Lipinski definition) is 1. The van der Waals surface area contributed by atoms with Crippen LogP contribution in [0.5, 0.6) is 0 Å². The summed E-state index contributed by atoms with van der Waals surface area (Å²) in [7, 11) is 0. The van der Waals surface area contributed by atoms with Gasteiger partial charge in [0.1, 0.15) is 6.17 Å². The van der Waals surface area contributed by atoms with Crippen LogP contribution in [-0.2, 0) is 0 Å². The van der Waals surface area contributed by atoms with Crippen LogP contribution in [0.2, 0.25) is 0 Å². The van der Waals surface area contributed by atoms with Gasteiger partial charge in [-0.25, -0.2) is 4.39 Å². The molecular weight excluding hydrogens is 117 g/mol. The second kappa shape index (κ2) is 2.46. The lowest BCUT2D eigenvalue weighted by Gasteiger charge is -2.22. The van der Waals surface area contributed by atoms with E-state index in [1.807, 2.05) is 20.1 Å². The first-order chi connectivity index (χ1) is 4.22. The maximum Gasteiger partial charge on any atom is 0.123 e. The summed E-state index contributed by atoms with van der Waals surface area (Å²) < 4.78 is 12.7. The average Bonchev–Trinajstić information content (AvgIpc) is 1.83. The predicted octanol–water partition coefficient (Wildman–Crippen LogP) is 1.68. The Bertz CT molecular complexity index is 122. The molecule has 0 aromatic heterocycles. The molecule has 52 valence electrons. The molecule has 0 saturated heterocycles. The van der Waals surface area contributed by atoms with Crippen molar-refractivity contribution in [2.45, 2.75) is 20.0 Å². The van der Waals surface area contributed by atoms with Gasteiger partial charge in [-0.3, -0.25) is 4.99 Å². The summed E-state index contributed by atoms with van der Waals surface area (Å²) in [5.74, 6) is 0.469. The summed E-state index contributed by atoms with van der Waals surface area (Å²) >= 11 is 0. The van der Waals surface area contributed by atoms with Gasteiger partial charge in [0.15, 0.2) is 0 Å².